The monoisotopic (exact) mass is 307 g/mol. The zero-order valence-electron chi connectivity index (χ0n) is 14.4. The molecule has 0 atom stereocenters. The molecule has 0 fully saturated rings. The number of anilines is 2. The molecule has 1 aromatic rings. The Morgan fingerprint density at radius 3 is 2.23 bits per heavy atom. The Morgan fingerprint density at radius 1 is 1.14 bits per heavy atom. The lowest BCUT2D eigenvalue weighted by Gasteiger charge is -2.25. The highest BCUT2D eigenvalue weighted by atomic mass is 16.6. The highest BCUT2D eigenvalue weighted by Crippen LogP contribution is 2.21. The van der Waals surface area contributed by atoms with Crippen LogP contribution >= 0.6 is 0 Å². The van der Waals surface area contributed by atoms with Gasteiger partial charge < -0.3 is 10.1 Å². The number of ether oxygens (including phenoxy) is 1. The molecular formula is C16H25N3O3. The van der Waals surface area contributed by atoms with Crippen molar-refractivity contribution in [3.63, 3.8) is 0 Å². The number of nitrogens with zero attached hydrogens (tertiary/aromatic N) is 2. The number of carbonyl (C=O) groups is 2. The zero-order chi connectivity index (χ0) is 17.1. The van der Waals surface area contributed by atoms with E-state index in [2.05, 4.69) is 10.3 Å². The average molecular weight is 307 g/mol. The molecule has 2 amide bonds. The van der Waals surface area contributed by atoms with Crippen LogP contribution in [0.5, 0.6) is 0 Å². The van der Waals surface area contributed by atoms with Gasteiger partial charge in [-0.3, -0.25) is 14.7 Å². The molecule has 0 unspecified atom stereocenters. The number of hydrogen-bond acceptors (Lipinski definition) is 4. The van der Waals surface area contributed by atoms with E-state index in [1.807, 2.05) is 20.8 Å². The van der Waals surface area contributed by atoms with Crippen LogP contribution < -0.4 is 10.2 Å². The minimum absolute atomic E-state index is 0.119. The van der Waals surface area contributed by atoms with Gasteiger partial charge in [0.05, 0.1) is 23.8 Å². The number of amides is 2. The van der Waals surface area contributed by atoms with E-state index >= 15 is 0 Å². The maximum Gasteiger partial charge on any atom is 0.414 e. The first kappa shape index (κ1) is 17.9. The topological polar surface area (TPSA) is 71.5 Å². The highest BCUT2D eigenvalue weighted by Gasteiger charge is 2.23. The summed E-state index contributed by atoms with van der Waals surface area (Å²) in [5.41, 5.74) is -0.00187. The molecule has 1 aromatic heterocycles. The average Bonchev–Trinajstić information content (AvgIpc) is 2.35. The van der Waals surface area contributed by atoms with E-state index in [0.717, 1.165) is 0 Å². The Morgan fingerprint density at radius 2 is 1.73 bits per heavy atom. The number of pyridine rings is 1. The maximum atomic E-state index is 12.0. The van der Waals surface area contributed by atoms with Crippen molar-refractivity contribution < 1.29 is 14.3 Å². The number of aromatic nitrogens is 1. The SMILES string of the molecule is CN(C(=O)OC(C)(C)C)c1cncc(NC(=O)C(C)(C)C)c1. The molecule has 0 saturated carbocycles. The summed E-state index contributed by atoms with van der Waals surface area (Å²) in [7, 11) is 1.60. The van der Waals surface area contributed by atoms with Crippen molar-refractivity contribution in [2.45, 2.75) is 47.1 Å². The Kier molecular flexibility index (Phi) is 5.17. The third-order valence-electron chi connectivity index (χ3n) is 2.72. The molecule has 0 aliphatic heterocycles. The molecular weight excluding hydrogens is 282 g/mol. The van der Waals surface area contributed by atoms with E-state index in [1.54, 1.807) is 33.9 Å². The smallest absolute Gasteiger partial charge is 0.414 e. The molecule has 122 valence electrons. The Labute approximate surface area is 131 Å². The first-order valence-corrected chi connectivity index (χ1v) is 7.13. The summed E-state index contributed by atoms with van der Waals surface area (Å²) in [5, 5.41) is 2.78. The minimum Gasteiger partial charge on any atom is -0.443 e. The number of nitrogens with one attached hydrogen (secondary N) is 1. The van der Waals surface area contributed by atoms with Gasteiger partial charge in [0.25, 0.3) is 0 Å². The van der Waals surface area contributed by atoms with E-state index in [0.29, 0.717) is 11.4 Å². The van der Waals surface area contributed by atoms with Gasteiger partial charge in [0.15, 0.2) is 0 Å². The van der Waals surface area contributed by atoms with Gasteiger partial charge in [-0.2, -0.15) is 0 Å². The van der Waals surface area contributed by atoms with Crippen LogP contribution in [0.1, 0.15) is 41.5 Å². The molecule has 1 rings (SSSR count). The van der Waals surface area contributed by atoms with Crippen molar-refractivity contribution in [2.75, 3.05) is 17.3 Å². The molecule has 22 heavy (non-hydrogen) atoms. The molecule has 0 spiro atoms. The largest absolute Gasteiger partial charge is 0.443 e. The fourth-order valence-electron chi connectivity index (χ4n) is 1.43. The van der Waals surface area contributed by atoms with Crippen LogP contribution in [-0.2, 0) is 9.53 Å². The molecule has 0 aliphatic carbocycles. The maximum absolute atomic E-state index is 12.0. The fourth-order valence-corrected chi connectivity index (χ4v) is 1.43. The van der Waals surface area contributed by atoms with E-state index < -0.39 is 17.1 Å². The zero-order valence-corrected chi connectivity index (χ0v) is 14.4. The molecule has 1 N–H and O–H groups in total. The Bertz CT molecular complexity index is 556. The highest BCUT2D eigenvalue weighted by molar-refractivity contribution is 5.95. The quantitative estimate of drug-likeness (QED) is 0.908. The molecule has 6 heteroatoms. The van der Waals surface area contributed by atoms with Crippen LogP contribution in [-0.4, -0.2) is 29.6 Å². The van der Waals surface area contributed by atoms with Gasteiger partial charge in [-0.15, -0.1) is 0 Å². The van der Waals surface area contributed by atoms with Gasteiger partial charge in [0, 0.05) is 12.5 Å². The van der Waals surface area contributed by atoms with Crippen LogP contribution in [0.4, 0.5) is 16.2 Å². The fraction of sp³-hybridized carbons (Fsp3) is 0.562. The van der Waals surface area contributed by atoms with Crippen LogP contribution in [0.15, 0.2) is 18.5 Å². The van der Waals surface area contributed by atoms with E-state index in [-0.39, 0.29) is 5.91 Å². The summed E-state index contributed by atoms with van der Waals surface area (Å²) in [6.07, 6.45) is 2.60. The van der Waals surface area contributed by atoms with Crippen molar-refractivity contribution in [2.24, 2.45) is 5.41 Å². The normalized spacial score (nSPS) is 11.8. The van der Waals surface area contributed by atoms with Gasteiger partial charge in [-0.05, 0) is 26.8 Å². The van der Waals surface area contributed by atoms with Gasteiger partial charge in [0.2, 0.25) is 5.91 Å². The summed E-state index contributed by atoms with van der Waals surface area (Å²) in [6.45, 7) is 10.9. The predicted molar refractivity (Wildman–Crippen MR) is 87.0 cm³/mol. The van der Waals surface area contributed by atoms with E-state index in [4.69, 9.17) is 4.74 Å². The number of hydrogen-bond donors (Lipinski definition) is 1. The number of carbonyl (C=O) groups excluding carboxylic acids is 2. The van der Waals surface area contributed by atoms with Crippen molar-refractivity contribution >= 4 is 23.4 Å². The van der Waals surface area contributed by atoms with Gasteiger partial charge in [-0.1, -0.05) is 20.8 Å². The molecule has 0 aromatic carbocycles. The summed E-state index contributed by atoms with van der Waals surface area (Å²) in [4.78, 5) is 29.4. The van der Waals surface area contributed by atoms with Crippen LogP contribution in [0.2, 0.25) is 0 Å². The van der Waals surface area contributed by atoms with Crippen molar-refractivity contribution in [1.29, 1.82) is 0 Å². The molecule has 1 heterocycles. The van der Waals surface area contributed by atoms with Gasteiger partial charge in [-0.25, -0.2) is 4.79 Å². The van der Waals surface area contributed by atoms with Crippen LogP contribution in [0, 0.1) is 5.41 Å². The lowest BCUT2D eigenvalue weighted by molar-refractivity contribution is -0.123. The van der Waals surface area contributed by atoms with Crippen LogP contribution in [0.3, 0.4) is 0 Å². The van der Waals surface area contributed by atoms with Crippen LogP contribution in [0.25, 0.3) is 0 Å². The molecule has 0 saturated heterocycles. The second-order valence-corrected chi connectivity index (χ2v) is 7.18. The lowest BCUT2D eigenvalue weighted by atomic mass is 9.95. The third kappa shape index (κ3) is 5.35. The summed E-state index contributed by atoms with van der Waals surface area (Å²) in [6, 6.07) is 1.68. The first-order chi connectivity index (χ1) is 9.90. The standard InChI is InChI=1S/C16H25N3O3/c1-15(2,3)13(20)18-11-8-12(10-17-9-11)19(7)14(21)22-16(4,5)6/h8-10H,1-7H3,(H,18,20). The second-order valence-electron chi connectivity index (χ2n) is 7.18. The molecule has 6 nitrogen and oxygen atoms in total. The third-order valence-corrected chi connectivity index (χ3v) is 2.72. The Balaban J connectivity index is 2.88. The summed E-state index contributed by atoms with van der Waals surface area (Å²) < 4.78 is 5.30. The van der Waals surface area contributed by atoms with Crippen molar-refractivity contribution in [1.82, 2.24) is 4.98 Å². The first-order valence-electron chi connectivity index (χ1n) is 7.13. The summed E-state index contributed by atoms with van der Waals surface area (Å²) >= 11 is 0. The van der Waals surface area contributed by atoms with Crippen molar-refractivity contribution in [3.8, 4) is 0 Å². The lowest BCUT2D eigenvalue weighted by Crippen LogP contribution is -2.34. The van der Waals surface area contributed by atoms with Crippen molar-refractivity contribution in [3.05, 3.63) is 18.5 Å². The minimum atomic E-state index is -0.573. The Hall–Kier alpha value is -2.11. The van der Waals surface area contributed by atoms with Gasteiger partial charge >= 0.3 is 6.09 Å². The van der Waals surface area contributed by atoms with E-state index in [9.17, 15) is 9.59 Å². The number of rotatable bonds is 2. The summed E-state index contributed by atoms with van der Waals surface area (Å²) in [5.74, 6) is -0.119. The van der Waals surface area contributed by atoms with Gasteiger partial charge in [0.1, 0.15) is 5.60 Å². The molecule has 0 radical (unpaired) electrons. The second kappa shape index (κ2) is 6.34. The predicted octanol–water partition coefficient (Wildman–Crippen LogP) is 3.44. The molecule has 0 aliphatic rings. The molecule has 0 bridgehead atoms. The van der Waals surface area contributed by atoms with E-state index in [1.165, 1.54) is 17.3 Å².